The first-order chi connectivity index (χ1) is 9.19. The van der Waals surface area contributed by atoms with Gasteiger partial charge >= 0.3 is 13.2 Å². The van der Waals surface area contributed by atoms with E-state index in [9.17, 15) is 14.8 Å². The first kappa shape index (κ1) is 14.9. The van der Waals surface area contributed by atoms with E-state index < -0.39 is 18.8 Å². The quantitative estimate of drug-likeness (QED) is 0.786. The number of rotatable bonds is 1. The van der Waals surface area contributed by atoms with Crippen molar-refractivity contribution in [1.29, 1.82) is 0 Å². The second kappa shape index (κ2) is 5.12. The van der Waals surface area contributed by atoms with E-state index in [1.807, 2.05) is 0 Å². The number of ether oxygens (including phenoxy) is 1. The van der Waals surface area contributed by atoms with Crippen LogP contribution in [0.4, 0.5) is 4.79 Å². The summed E-state index contributed by atoms with van der Waals surface area (Å²) in [6.07, 6.45) is 0.761. The van der Waals surface area contributed by atoms with E-state index in [1.165, 1.54) is 10.8 Å². The number of aromatic nitrogens is 1. The van der Waals surface area contributed by atoms with Crippen LogP contribution in [0.25, 0.3) is 10.9 Å². The van der Waals surface area contributed by atoms with E-state index in [-0.39, 0.29) is 5.46 Å². The van der Waals surface area contributed by atoms with Crippen LogP contribution < -0.4 is 5.46 Å². The van der Waals surface area contributed by atoms with Crippen molar-refractivity contribution in [3.8, 4) is 0 Å². The third kappa shape index (κ3) is 2.98. The molecule has 0 radical (unpaired) electrons. The van der Waals surface area contributed by atoms with Crippen molar-refractivity contribution in [2.24, 2.45) is 0 Å². The predicted molar refractivity (Wildman–Crippen MR) is 78.4 cm³/mol. The van der Waals surface area contributed by atoms with Gasteiger partial charge in [0.1, 0.15) is 5.60 Å². The Morgan fingerprint density at radius 1 is 1.35 bits per heavy atom. The Morgan fingerprint density at radius 3 is 2.55 bits per heavy atom. The van der Waals surface area contributed by atoms with Crippen molar-refractivity contribution >= 4 is 41.2 Å². The second-order valence-electron chi connectivity index (χ2n) is 5.47. The zero-order chi connectivity index (χ0) is 15.1. The van der Waals surface area contributed by atoms with Crippen LogP contribution in [0, 0.1) is 0 Å². The molecule has 1 aromatic heterocycles. The minimum absolute atomic E-state index is 0.202. The fourth-order valence-electron chi connectivity index (χ4n) is 1.90. The van der Waals surface area contributed by atoms with E-state index in [0.717, 1.165) is 0 Å². The highest BCUT2D eigenvalue weighted by Gasteiger charge is 2.24. The van der Waals surface area contributed by atoms with Crippen molar-refractivity contribution in [2.75, 3.05) is 0 Å². The molecule has 0 atom stereocenters. The van der Waals surface area contributed by atoms with Gasteiger partial charge in [-0.15, -0.1) is 0 Å². The Bertz CT molecular complexity index is 660. The molecular formula is C13H15BClNO4. The Balaban J connectivity index is 2.57. The highest BCUT2D eigenvalue weighted by atomic mass is 35.5. The van der Waals surface area contributed by atoms with Gasteiger partial charge in [0, 0.05) is 22.1 Å². The molecule has 1 heterocycles. The highest BCUT2D eigenvalue weighted by molar-refractivity contribution is 6.62. The van der Waals surface area contributed by atoms with Gasteiger partial charge in [0.05, 0.1) is 5.52 Å². The van der Waals surface area contributed by atoms with E-state index in [2.05, 4.69) is 0 Å². The van der Waals surface area contributed by atoms with Gasteiger partial charge in [0.25, 0.3) is 0 Å². The number of fused-ring (bicyclic) bond motifs is 1. The maximum absolute atomic E-state index is 12.1. The summed E-state index contributed by atoms with van der Waals surface area (Å²) in [5.74, 6) is 0. The summed E-state index contributed by atoms with van der Waals surface area (Å²) in [5.41, 5.74) is 0.0677. The zero-order valence-corrected chi connectivity index (χ0v) is 12.2. The number of carbonyl (C=O) groups is 1. The molecule has 2 aromatic rings. The molecule has 20 heavy (non-hydrogen) atoms. The topological polar surface area (TPSA) is 71.7 Å². The highest BCUT2D eigenvalue weighted by Crippen LogP contribution is 2.21. The number of nitrogens with zero attached hydrogens (tertiary/aromatic N) is 1. The third-order valence-electron chi connectivity index (χ3n) is 2.67. The smallest absolute Gasteiger partial charge is 0.443 e. The molecule has 0 amide bonds. The standard InChI is InChI=1S/C13H15BClNO4/c1-13(2,3)20-12(17)16-7-10(14(18)19)9-6-8(15)4-5-11(9)16/h4-7,18-19H,1-3H3. The fraction of sp³-hybridized carbons (Fsp3) is 0.308. The Labute approximate surface area is 121 Å². The number of hydrogen-bond donors (Lipinski definition) is 2. The molecule has 106 valence electrons. The summed E-state index contributed by atoms with van der Waals surface area (Å²) in [6, 6.07) is 4.83. The fourth-order valence-corrected chi connectivity index (χ4v) is 2.07. The summed E-state index contributed by atoms with van der Waals surface area (Å²) in [7, 11) is -1.69. The van der Waals surface area contributed by atoms with Crippen LogP contribution in [-0.4, -0.2) is 33.4 Å². The van der Waals surface area contributed by atoms with Crippen LogP contribution >= 0.6 is 11.6 Å². The van der Waals surface area contributed by atoms with Crippen molar-refractivity contribution in [2.45, 2.75) is 26.4 Å². The van der Waals surface area contributed by atoms with Crippen molar-refractivity contribution in [3.05, 3.63) is 29.4 Å². The molecule has 0 saturated heterocycles. The lowest BCUT2D eigenvalue weighted by Gasteiger charge is -2.19. The normalized spacial score (nSPS) is 11.7. The number of carbonyl (C=O) groups excluding carboxylic acids is 1. The predicted octanol–water partition coefficient (Wildman–Crippen LogP) is 1.76. The van der Waals surface area contributed by atoms with Crippen molar-refractivity contribution in [3.63, 3.8) is 0 Å². The molecule has 0 aliphatic heterocycles. The van der Waals surface area contributed by atoms with Crippen LogP contribution in [0.1, 0.15) is 20.8 Å². The lowest BCUT2D eigenvalue weighted by Crippen LogP contribution is -2.30. The van der Waals surface area contributed by atoms with E-state index >= 15 is 0 Å². The Morgan fingerprint density at radius 2 is 2.00 bits per heavy atom. The van der Waals surface area contributed by atoms with Gasteiger partial charge in [-0.3, -0.25) is 4.57 Å². The second-order valence-corrected chi connectivity index (χ2v) is 5.91. The molecular weight excluding hydrogens is 280 g/mol. The lowest BCUT2D eigenvalue weighted by atomic mass is 9.80. The molecule has 7 heteroatoms. The van der Waals surface area contributed by atoms with Crippen LogP contribution in [-0.2, 0) is 4.74 Å². The monoisotopic (exact) mass is 295 g/mol. The first-order valence-corrected chi connectivity index (χ1v) is 6.47. The van der Waals surface area contributed by atoms with Crippen LogP contribution in [0.5, 0.6) is 0 Å². The van der Waals surface area contributed by atoms with Gasteiger partial charge in [-0.25, -0.2) is 4.79 Å². The number of halogens is 1. The molecule has 1 aromatic carbocycles. The first-order valence-electron chi connectivity index (χ1n) is 6.09. The minimum Gasteiger partial charge on any atom is -0.443 e. The average Bonchev–Trinajstić information content (AvgIpc) is 2.65. The summed E-state index contributed by atoms with van der Waals surface area (Å²) in [5, 5.41) is 19.7. The van der Waals surface area contributed by atoms with Gasteiger partial charge in [-0.2, -0.15) is 0 Å². The Kier molecular flexibility index (Phi) is 3.82. The van der Waals surface area contributed by atoms with Crippen LogP contribution in [0.3, 0.4) is 0 Å². The molecule has 0 unspecified atom stereocenters. The molecule has 0 fully saturated rings. The molecule has 0 saturated carbocycles. The maximum Gasteiger partial charge on any atom is 0.490 e. The molecule has 0 spiro atoms. The van der Waals surface area contributed by atoms with Gasteiger partial charge in [0.2, 0.25) is 0 Å². The van der Waals surface area contributed by atoms with Crippen molar-refractivity contribution in [1.82, 2.24) is 4.57 Å². The summed E-state index contributed by atoms with van der Waals surface area (Å²) < 4.78 is 6.52. The average molecular weight is 296 g/mol. The largest absolute Gasteiger partial charge is 0.490 e. The summed E-state index contributed by atoms with van der Waals surface area (Å²) >= 11 is 5.90. The maximum atomic E-state index is 12.1. The van der Waals surface area contributed by atoms with Crippen molar-refractivity contribution < 1.29 is 19.6 Å². The molecule has 2 N–H and O–H groups in total. The van der Waals surface area contributed by atoms with E-state index in [0.29, 0.717) is 15.9 Å². The third-order valence-corrected chi connectivity index (χ3v) is 2.90. The molecule has 5 nitrogen and oxygen atoms in total. The zero-order valence-electron chi connectivity index (χ0n) is 11.4. The van der Waals surface area contributed by atoms with Gasteiger partial charge in [-0.05, 0) is 39.0 Å². The molecule has 0 aliphatic rings. The SMILES string of the molecule is CC(C)(C)OC(=O)n1cc(B(O)O)c2cc(Cl)ccc21. The van der Waals surface area contributed by atoms with Gasteiger partial charge in [0.15, 0.2) is 0 Å². The van der Waals surface area contributed by atoms with Crippen LogP contribution in [0.15, 0.2) is 24.4 Å². The number of hydrogen-bond acceptors (Lipinski definition) is 4. The lowest BCUT2D eigenvalue weighted by molar-refractivity contribution is 0.0544. The van der Waals surface area contributed by atoms with E-state index in [4.69, 9.17) is 16.3 Å². The molecule has 0 bridgehead atoms. The van der Waals surface area contributed by atoms with Gasteiger partial charge < -0.3 is 14.8 Å². The minimum atomic E-state index is -1.69. The Hall–Kier alpha value is -1.50. The van der Waals surface area contributed by atoms with Crippen LogP contribution in [0.2, 0.25) is 5.02 Å². The summed E-state index contributed by atoms with van der Waals surface area (Å²) in [6.45, 7) is 5.28. The van der Waals surface area contributed by atoms with E-state index in [1.54, 1.807) is 39.0 Å². The number of benzene rings is 1. The molecule has 2 rings (SSSR count). The molecule has 0 aliphatic carbocycles. The summed E-state index contributed by atoms with van der Waals surface area (Å²) in [4.78, 5) is 12.1. The van der Waals surface area contributed by atoms with Gasteiger partial charge in [-0.1, -0.05) is 11.6 Å².